The lowest BCUT2D eigenvalue weighted by molar-refractivity contribution is -0.131. The van der Waals surface area contributed by atoms with E-state index >= 15 is 0 Å². The zero-order chi connectivity index (χ0) is 27.9. The molecule has 0 saturated carbocycles. The molecule has 0 spiro atoms. The molecular formula is C26H33N5O5S2. The number of thiazole rings is 1. The number of sulfonamides is 1. The van der Waals surface area contributed by atoms with Gasteiger partial charge in [-0.15, -0.1) is 11.3 Å². The van der Waals surface area contributed by atoms with Gasteiger partial charge in [0.2, 0.25) is 5.91 Å². The third kappa shape index (κ3) is 7.83. The summed E-state index contributed by atoms with van der Waals surface area (Å²) in [4.78, 5) is 35.2. The Morgan fingerprint density at radius 1 is 1.16 bits per heavy atom. The number of aromatic nitrogens is 2. The highest BCUT2D eigenvalue weighted by Gasteiger charge is 2.33. The van der Waals surface area contributed by atoms with Gasteiger partial charge in [-0.25, -0.2) is 18.1 Å². The molecule has 3 rings (SSSR count). The number of carbonyl (C=O) groups excluding carboxylic acids is 2. The van der Waals surface area contributed by atoms with Crippen molar-refractivity contribution in [1.82, 2.24) is 19.6 Å². The summed E-state index contributed by atoms with van der Waals surface area (Å²) < 4.78 is 31.8. The number of nitrogens with zero attached hydrogens (tertiary/aromatic N) is 3. The molecule has 38 heavy (non-hydrogen) atoms. The van der Waals surface area contributed by atoms with E-state index in [0.29, 0.717) is 27.9 Å². The summed E-state index contributed by atoms with van der Waals surface area (Å²) in [7, 11) is -2.56. The normalized spacial score (nSPS) is 11.7. The minimum Gasteiger partial charge on any atom is -0.495 e. The maximum Gasteiger partial charge on any atom is 0.284 e. The van der Waals surface area contributed by atoms with E-state index in [9.17, 15) is 18.0 Å². The number of methoxy groups -OCH3 is 1. The fraction of sp³-hybridized carbons (Fsp3) is 0.385. The van der Waals surface area contributed by atoms with Crippen LogP contribution in [0.15, 0.2) is 48.7 Å². The van der Waals surface area contributed by atoms with Crippen molar-refractivity contribution in [3.63, 3.8) is 0 Å². The summed E-state index contributed by atoms with van der Waals surface area (Å²) in [5.41, 5.74) is 7.44. The van der Waals surface area contributed by atoms with Gasteiger partial charge in [0.25, 0.3) is 15.9 Å². The van der Waals surface area contributed by atoms with Crippen molar-refractivity contribution in [1.29, 1.82) is 0 Å². The van der Waals surface area contributed by atoms with Crippen LogP contribution in [0.2, 0.25) is 0 Å². The van der Waals surface area contributed by atoms with Crippen LogP contribution in [-0.2, 0) is 34.2 Å². The molecule has 0 aliphatic heterocycles. The van der Waals surface area contributed by atoms with Crippen molar-refractivity contribution in [2.24, 2.45) is 5.73 Å². The van der Waals surface area contributed by atoms with E-state index in [4.69, 9.17) is 10.5 Å². The third-order valence-electron chi connectivity index (χ3n) is 5.76. The minimum atomic E-state index is -4.10. The number of pyridine rings is 1. The zero-order valence-electron chi connectivity index (χ0n) is 21.9. The van der Waals surface area contributed by atoms with Gasteiger partial charge in [0, 0.05) is 17.1 Å². The number of nitrogens with one attached hydrogen (secondary N) is 1. The molecule has 0 atom stereocenters. The maximum absolute atomic E-state index is 13.3. The van der Waals surface area contributed by atoms with Gasteiger partial charge in [0.1, 0.15) is 21.3 Å². The van der Waals surface area contributed by atoms with E-state index in [1.54, 1.807) is 37.3 Å². The van der Waals surface area contributed by atoms with Gasteiger partial charge in [-0.05, 0) is 51.3 Å². The number of benzene rings is 1. The SMILES string of the molecule is COc1ccc(CC(=O)N(CCCc2ccccc2)Cc2nc(C(=O)NS(=O)(=O)C(C)(C)N)c(C)s2)nc1. The second-order valence-corrected chi connectivity index (χ2v) is 12.9. The molecule has 2 aromatic heterocycles. The lowest BCUT2D eigenvalue weighted by Crippen LogP contribution is -2.50. The first-order valence-electron chi connectivity index (χ1n) is 12.0. The van der Waals surface area contributed by atoms with Gasteiger partial charge in [-0.3, -0.25) is 14.6 Å². The van der Waals surface area contributed by atoms with Crippen LogP contribution in [0.3, 0.4) is 0 Å². The Bertz CT molecular complexity index is 1350. The van der Waals surface area contributed by atoms with E-state index in [0.717, 1.165) is 12.8 Å². The van der Waals surface area contributed by atoms with Crippen LogP contribution < -0.4 is 15.2 Å². The van der Waals surface area contributed by atoms with E-state index in [-0.39, 0.29) is 24.6 Å². The molecule has 3 N–H and O–H groups in total. The van der Waals surface area contributed by atoms with Crippen LogP contribution in [0.1, 0.15) is 51.9 Å². The number of ether oxygens (including phenoxy) is 1. The summed E-state index contributed by atoms with van der Waals surface area (Å²) in [6.07, 6.45) is 3.18. The standard InChI is InChI=1S/C26H33N5O5S2/c1-18-24(25(33)30-38(34,35)26(2,3)27)29-22(37-18)17-31(14-8-11-19-9-6-5-7-10-19)23(32)15-20-12-13-21(36-4)16-28-20/h5-7,9-10,12-13,16H,8,11,14-15,17,27H2,1-4H3,(H,30,33). The molecule has 0 aliphatic carbocycles. The highest BCUT2D eigenvalue weighted by atomic mass is 32.2. The van der Waals surface area contributed by atoms with E-state index in [1.807, 2.05) is 35.1 Å². The summed E-state index contributed by atoms with van der Waals surface area (Å²) in [6, 6.07) is 13.5. The molecule has 2 amide bonds. The van der Waals surface area contributed by atoms with Crippen molar-refractivity contribution in [3.8, 4) is 5.75 Å². The Hall–Kier alpha value is -3.35. The molecule has 3 aromatic rings. The zero-order valence-corrected chi connectivity index (χ0v) is 23.6. The average molecular weight is 560 g/mol. The number of hydrogen-bond donors (Lipinski definition) is 2. The average Bonchev–Trinajstić information content (AvgIpc) is 3.23. The number of hydrogen-bond acceptors (Lipinski definition) is 9. The number of aryl methyl sites for hydroxylation is 2. The lowest BCUT2D eigenvalue weighted by Gasteiger charge is -2.22. The second-order valence-electron chi connectivity index (χ2n) is 9.32. The Kier molecular flexibility index (Phi) is 9.58. The molecule has 0 bridgehead atoms. The first kappa shape index (κ1) is 29.2. The van der Waals surface area contributed by atoms with Crippen LogP contribution in [0.25, 0.3) is 0 Å². The Morgan fingerprint density at radius 2 is 1.87 bits per heavy atom. The molecule has 0 unspecified atom stereocenters. The summed E-state index contributed by atoms with van der Waals surface area (Å²) in [6.45, 7) is 4.91. The monoisotopic (exact) mass is 559 g/mol. The van der Waals surface area contributed by atoms with Crippen LogP contribution >= 0.6 is 11.3 Å². The number of carbonyl (C=O) groups is 2. The van der Waals surface area contributed by atoms with Crippen molar-refractivity contribution in [2.75, 3.05) is 13.7 Å². The molecular weight excluding hydrogens is 526 g/mol. The molecule has 0 saturated heterocycles. The molecule has 2 heterocycles. The minimum absolute atomic E-state index is 0.00803. The second kappa shape index (κ2) is 12.5. The summed E-state index contributed by atoms with van der Waals surface area (Å²) in [5.74, 6) is -0.389. The fourth-order valence-corrected chi connectivity index (χ4v) is 5.06. The Balaban J connectivity index is 1.76. The number of nitrogens with two attached hydrogens (primary N) is 1. The Labute approximate surface area is 227 Å². The molecule has 12 heteroatoms. The van der Waals surface area contributed by atoms with Crippen LogP contribution in [0, 0.1) is 6.92 Å². The van der Waals surface area contributed by atoms with Crippen molar-refractivity contribution >= 4 is 33.2 Å². The summed E-state index contributed by atoms with van der Waals surface area (Å²) >= 11 is 1.24. The molecule has 0 aliphatic rings. The lowest BCUT2D eigenvalue weighted by atomic mass is 10.1. The number of rotatable bonds is 12. The van der Waals surface area contributed by atoms with Crippen LogP contribution in [0.5, 0.6) is 5.75 Å². The fourth-order valence-electron chi connectivity index (χ4n) is 3.51. The number of amides is 2. The van der Waals surface area contributed by atoms with Gasteiger partial charge in [-0.2, -0.15) is 0 Å². The van der Waals surface area contributed by atoms with Crippen molar-refractivity contribution in [3.05, 3.63) is 75.5 Å². The van der Waals surface area contributed by atoms with Gasteiger partial charge in [0.15, 0.2) is 0 Å². The third-order valence-corrected chi connectivity index (χ3v) is 8.55. The van der Waals surface area contributed by atoms with E-state index in [1.165, 1.54) is 30.7 Å². The summed E-state index contributed by atoms with van der Waals surface area (Å²) in [5, 5.41) is 0.521. The van der Waals surface area contributed by atoms with Crippen LogP contribution in [-0.4, -0.2) is 53.6 Å². The van der Waals surface area contributed by atoms with Gasteiger partial charge in [-0.1, -0.05) is 30.3 Å². The Morgan fingerprint density at radius 3 is 2.47 bits per heavy atom. The van der Waals surface area contributed by atoms with E-state index in [2.05, 4.69) is 9.97 Å². The maximum atomic E-state index is 13.3. The quantitative estimate of drug-likeness (QED) is 0.345. The first-order chi connectivity index (χ1) is 17.9. The van der Waals surface area contributed by atoms with Crippen LogP contribution in [0.4, 0.5) is 0 Å². The van der Waals surface area contributed by atoms with Crippen molar-refractivity contribution in [2.45, 2.75) is 51.4 Å². The largest absolute Gasteiger partial charge is 0.495 e. The van der Waals surface area contributed by atoms with Gasteiger partial charge < -0.3 is 15.4 Å². The predicted octanol–water partition coefficient (Wildman–Crippen LogP) is 2.81. The van der Waals surface area contributed by atoms with Crippen molar-refractivity contribution < 1.29 is 22.7 Å². The van der Waals surface area contributed by atoms with Gasteiger partial charge in [0.05, 0.1) is 26.3 Å². The molecule has 204 valence electrons. The molecule has 0 fully saturated rings. The topological polar surface area (TPSA) is 145 Å². The highest BCUT2D eigenvalue weighted by Crippen LogP contribution is 2.21. The first-order valence-corrected chi connectivity index (χ1v) is 14.3. The molecule has 1 aromatic carbocycles. The molecule has 10 nitrogen and oxygen atoms in total. The molecule has 0 radical (unpaired) electrons. The van der Waals surface area contributed by atoms with E-state index < -0.39 is 20.8 Å². The predicted molar refractivity (Wildman–Crippen MR) is 146 cm³/mol. The smallest absolute Gasteiger partial charge is 0.284 e. The van der Waals surface area contributed by atoms with Gasteiger partial charge >= 0.3 is 0 Å². The highest BCUT2D eigenvalue weighted by molar-refractivity contribution is 7.91.